The van der Waals surface area contributed by atoms with Crippen LogP contribution in [0.25, 0.3) is 11.1 Å². The van der Waals surface area contributed by atoms with E-state index in [1.165, 1.54) is 5.56 Å². The predicted octanol–water partition coefficient (Wildman–Crippen LogP) is 6.00. The fraction of sp³-hybridized carbons (Fsp3) is 0.160. The number of aryl methyl sites for hydroxylation is 1. The summed E-state index contributed by atoms with van der Waals surface area (Å²) in [6, 6.07) is 27.2. The van der Waals surface area contributed by atoms with E-state index in [1.807, 2.05) is 36.4 Å². The summed E-state index contributed by atoms with van der Waals surface area (Å²) in [5.74, 6) is 0. The van der Waals surface area contributed by atoms with E-state index in [4.69, 9.17) is 0 Å². The van der Waals surface area contributed by atoms with E-state index in [0.29, 0.717) is 6.42 Å². The van der Waals surface area contributed by atoms with Crippen LogP contribution >= 0.6 is 0 Å². The molecular weight excluding hydrogens is 328 g/mol. The molecule has 0 spiro atoms. The van der Waals surface area contributed by atoms with Gasteiger partial charge in [-0.15, -0.1) is 6.58 Å². The first-order valence-corrected chi connectivity index (χ1v) is 9.33. The minimum absolute atomic E-state index is 0.673. The van der Waals surface area contributed by atoms with Crippen LogP contribution in [-0.2, 0) is 12.8 Å². The molecule has 0 radical (unpaired) electrons. The van der Waals surface area contributed by atoms with Crippen molar-refractivity contribution in [2.24, 2.45) is 0 Å². The van der Waals surface area contributed by atoms with Crippen LogP contribution in [-0.4, -0.2) is 6.54 Å². The zero-order chi connectivity index (χ0) is 18.9. The molecule has 0 fully saturated rings. The highest BCUT2D eigenvalue weighted by atomic mass is 14.9. The molecule has 0 amide bonds. The van der Waals surface area contributed by atoms with Crippen LogP contribution in [0.1, 0.15) is 23.1 Å². The molecule has 27 heavy (non-hydrogen) atoms. The molecule has 0 aliphatic carbocycles. The second-order valence-corrected chi connectivity index (χ2v) is 6.50. The molecule has 0 saturated heterocycles. The highest BCUT2D eigenvalue weighted by Gasteiger charge is 2.13. The summed E-state index contributed by atoms with van der Waals surface area (Å²) >= 11 is 0. The molecule has 0 saturated carbocycles. The van der Waals surface area contributed by atoms with Crippen LogP contribution in [0, 0.1) is 11.3 Å². The number of rotatable bonds is 8. The van der Waals surface area contributed by atoms with Gasteiger partial charge in [-0.3, -0.25) is 0 Å². The van der Waals surface area contributed by atoms with Crippen molar-refractivity contribution < 1.29 is 0 Å². The zero-order valence-electron chi connectivity index (χ0n) is 15.5. The molecule has 0 atom stereocenters. The molecule has 134 valence electrons. The molecule has 0 unspecified atom stereocenters. The van der Waals surface area contributed by atoms with Crippen LogP contribution in [0.5, 0.6) is 0 Å². The van der Waals surface area contributed by atoms with E-state index < -0.39 is 0 Å². The summed E-state index contributed by atoms with van der Waals surface area (Å²) in [6.45, 7) is 4.71. The average Bonchev–Trinajstić information content (AvgIpc) is 2.73. The first-order valence-electron chi connectivity index (χ1n) is 9.33. The number of nitriles is 1. The monoisotopic (exact) mass is 352 g/mol. The summed E-state index contributed by atoms with van der Waals surface area (Å²) in [6.07, 6.45) is 4.58. The lowest BCUT2D eigenvalue weighted by atomic mass is 9.92. The molecule has 3 rings (SSSR count). The van der Waals surface area contributed by atoms with Gasteiger partial charge in [0, 0.05) is 6.54 Å². The Labute approximate surface area is 161 Å². The van der Waals surface area contributed by atoms with Gasteiger partial charge >= 0.3 is 0 Å². The molecule has 0 heterocycles. The van der Waals surface area contributed by atoms with Crippen LogP contribution in [0.3, 0.4) is 0 Å². The van der Waals surface area contributed by atoms with Crippen molar-refractivity contribution >= 4 is 5.69 Å². The zero-order valence-corrected chi connectivity index (χ0v) is 15.5. The molecule has 0 aliphatic heterocycles. The lowest BCUT2D eigenvalue weighted by Crippen LogP contribution is -2.07. The topological polar surface area (TPSA) is 35.8 Å². The third-order valence-electron chi connectivity index (χ3n) is 4.66. The van der Waals surface area contributed by atoms with Gasteiger partial charge in [0.05, 0.1) is 11.3 Å². The Morgan fingerprint density at radius 1 is 0.926 bits per heavy atom. The highest BCUT2D eigenvalue weighted by Crippen LogP contribution is 2.31. The minimum atomic E-state index is 0.673. The first kappa shape index (κ1) is 18.5. The quantitative estimate of drug-likeness (QED) is 0.399. The molecule has 0 bridgehead atoms. The van der Waals surface area contributed by atoms with Crippen LogP contribution in [0.2, 0.25) is 0 Å². The Morgan fingerprint density at radius 2 is 1.63 bits per heavy atom. The third kappa shape index (κ3) is 4.65. The van der Waals surface area contributed by atoms with Crippen LogP contribution < -0.4 is 5.32 Å². The van der Waals surface area contributed by atoms with Gasteiger partial charge in [-0.1, -0.05) is 72.8 Å². The average molecular weight is 352 g/mol. The maximum Gasteiger partial charge on any atom is 0.102 e. The molecule has 1 N–H and O–H groups in total. The Bertz CT molecular complexity index is 922. The van der Waals surface area contributed by atoms with E-state index >= 15 is 0 Å². The summed E-state index contributed by atoms with van der Waals surface area (Å²) in [5.41, 5.74) is 6.22. The third-order valence-corrected chi connectivity index (χ3v) is 4.66. The number of anilines is 1. The van der Waals surface area contributed by atoms with Gasteiger partial charge < -0.3 is 5.32 Å². The highest BCUT2D eigenvalue weighted by molar-refractivity contribution is 5.76. The fourth-order valence-corrected chi connectivity index (χ4v) is 3.33. The molecule has 3 aromatic carbocycles. The summed E-state index contributed by atoms with van der Waals surface area (Å²) in [7, 11) is 0. The number of allylic oxidation sites excluding steroid dienone is 1. The lowest BCUT2D eigenvalue weighted by Gasteiger charge is -2.15. The summed E-state index contributed by atoms with van der Waals surface area (Å²) in [5, 5.41) is 13.3. The Morgan fingerprint density at radius 3 is 2.30 bits per heavy atom. The molecule has 0 aromatic heterocycles. The summed E-state index contributed by atoms with van der Waals surface area (Å²) in [4.78, 5) is 0. The van der Waals surface area contributed by atoms with E-state index in [0.717, 1.165) is 47.3 Å². The number of hydrogen-bond donors (Lipinski definition) is 1. The maximum atomic E-state index is 9.81. The second kappa shape index (κ2) is 9.40. The molecule has 0 aliphatic rings. The van der Waals surface area contributed by atoms with Crippen LogP contribution in [0.15, 0.2) is 85.5 Å². The van der Waals surface area contributed by atoms with E-state index in [1.54, 1.807) is 0 Å². The fourth-order valence-electron chi connectivity index (χ4n) is 3.33. The van der Waals surface area contributed by atoms with Crippen LogP contribution in [0.4, 0.5) is 5.69 Å². The van der Waals surface area contributed by atoms with Crippen molar-refractivity contribution in [1.82, 2.24) is 0 Å². The van der Waals surface area contributed by atoms with Crippen molar-refractivity contribution in [3.05, 3.63) is 102 Å². The van der Waals surface area contributed by atoms with Gasteiger partial charge in [-0.05, 0) is 47.6 Å². The minimum Gasteiger partial charge on any atom is -0.384 e. The van der Waals surface area contributed by atoms with Crippen molar-refractivity contribution in [3.63, 3.8) is 0 Å². The Hall–Kier alpha value is -3.31. The van der Waals surface area contributed by atoms with Crippen molar-refractivity contribution in [1.29, 1.82) is 5.26 Å². The van der Waals surface area contributed by atoms with Crippen molar-refractivity contribution in [3.8, 4) is 17.2 Å². The molecule has 2 heteroatoms. The normalized spacial score (nSPS) is 10.2. The molecular formula is C25H24N2. The number of benzene rings is 3. The molecule has 2 nitrogen and oxygen atoms in total. The number of nitrogens with one attached hydrogen (secondary N) is 1. The second-order valence-electron chi connectivity index (χ2n) is 6.50. The van der Waals surface area contributed by atoms with E-state index in [-0.39, 0.29) is 0 Å². The van der Waals surface area contributed by atoms with Crippen molar-refractivity contribution in [2.75, 3.05) is 11.9 Å². The van der Waals surface area contributed by atoms with Gasteiger partial charge in [0.15, 0.2) is 0 Å². The van der Waals surface area contributed by atoms with Gasteiger partial charge in [0.1, 0.15) is 6.07 Å². The largest absolute Gasteiger partial charge is 0.384 e. The predicted molar refractivity (Wildman–Crippen MR) is 114 cm³/mol. The van der Waals surface area contributed by atoms with Gasteiger partial charge in [0.2, 0.25) is 0 Å². The van der Waals surface area contributed by atoms with Gasteiger partial charge in [-0.2, -0.15) is 5.26 Å². The lowest BCUT2D eigenvalue weighted by molar-refractivity contribution is 0.862. The standard InChI is InChI=1S/C25H24N2/c1-2-10-23-22(21-14-7-4-8-15-21)16-17-25(24(23)19-26)27-18-9-13-20-11-5-3-6-12-20/h2-8,11-12,14-17,27H,1,9-10,13,18H2. The summed E-state index contributed by atoms with van der Waals surface area (Å²) < 4.78 is 0. The van der Waals surface area contributed by atoms with Gasteiger partial charge in [0.25, 0.3) is 0 Å². The van der Waals surface area contributed by atoms with Crippen molar-refractivity contribution in [2.45, 2.75) is 19.3 Å². The maximum absolute atomic E-state index is 9.81. The Kier molecular flexibility index (Phi) is 6.44. The number of hydrogen-bond acceptors (Lipinski definition) is 2. The van der Waals surface area contributed by atoms with Gasteiger partial charge in [-0.25, -0.2) is 0 Å². The molecule has 3 aromatic rings. The Balaban J connectivity index is 1.78. The number of nitrogens with zero attached hydrogens (tertiary/aromatic N) is 1. The SMILES string of the molecule is C=CCc1c(-c2ccccc2)ccc(NCCCc2ccccc2)c1C#N. The van der Waals surface area contributed by atoms with E-state index in [9.17, 15) is 5.26 Å². The van der Waals surface area contributed by atoms with E-state index in [2.05, 4.69) is 60.4 Å². The first-order chi connectivity index (χ1) is 13.3. The smallest absolute Gasteiger partial charge is 0.102 e.